The van der Waals surface area contributed by atoms with Gasteiger partial charge < -0.3 is 10.1 Å². The molecule has 0 bridgehead atoms. The van der Waals surface area contributed by atoms with Gasteiger partial charge in [0.2, 0.25) is 5.91 Å². The number of aromatic nitrogens is 1. The van der Waals surface area contributed by atoms with Crippen LogP contribution in [0.25, 0.3) is 0 Å². The molecule has 1 atom stereocenters. The number of esters is 1. The first kappa shape index (κ1) is 22.8. The Morgan fingerprint density at radius 1 is 1.32 bits per heavy atom. The van der Waals surface area contributed by atoms with E-state index in [0.717, 1.165) is 17.4 Å². The number of ketones is 1. The number of hydrogen-bond acceptors (Lipinski definition) is 7. The van der Waals surface area contributed by atoms with E-state index in [4.69, 9.17) is 16.3 Å². The van der Waals surface area contributed by atoms with Gasteiger partial charge in [-0.15, -0.1) is 0 Å². The molecule has 1 aliphatic rings. The highest BCUT2D eigenvalue weighted by atomic mass is 35.5. The molecule has 8 nitrogen and oxygen atoms in total. The molecule has 31 heavy (non-hydrogen) atoms. The van der Waals surface area contributed by atoms with Gasteiger partial charge in [-0.3, -0.25) is 24.5 Å². The number of carbonyl (C=O) groups is 4. The molecule has 1 aromatic carbocycles. The van der Waals surface area contributed by atoms with E-state index in [0.29, 0.717) is 10.6 Å². The summed E-state index contributed by atoms with van der Waals surface area (Å²) in [6.45, 7) is 2.06. The Morgan fingerprint density at radius 2 is 2.10 bits per heavy atom. The third-order valence-electron chi connectivity index (χ3n) is 4.54. The first-order valence-corrected chi connectivity index (χ1v) is 10.7. The standard InChI is InChI=1S/C20H19ClFN3O5S/c1-2-30-15(27)6-7-23-18(28)10-8-13-17(14(26)9-10)31-20(24-13)25-19(29)16-11(21)4-3-5-12(16)22/h3-5,10H,2,6-9H2,1H3,(H,23,28)(H,24,25,29). The summed E-state index contributed by atoms with van der Waals surface area (Å²) in [7, 11) is 0. The minimum atomic E-state index is -0.782. The lowest BCUT2D eigenvalue weighted by Gasteiger charge is -2.19. The molecule has 0 saturated heterocycles. The fraction of sp³-hybridized carbons (Fsp3) is 0.350. The fourth-order valence-corrected chi connectivity index (χ4v) is 4.29. The molecule has 1 unspecified atom stereocenters. The summed E-state index contributed by atoms with van der Waals surface area (Å²) in [6.07, 6.45) is 0.239. The highest BCUT2D eigenvalue weighted by Crippen LogP contribution is 2.33. The van der Waals surface area contributed by atoms with Gasteiger partial charge in [0.1, 0.15) is 5.82 Å². The molecule has 2 N–H and O–H groups in total. The number of nitrogens with zero attached hydrogens (tertiary/aromatic N) is 1. The minimum absolute atomic E-state index is 0.00698. The van der Waals surface area contributed by atoms with Gasteiger partial charge >= 0.3 is 5.97 Å². The number of anilines is 1. The number of fused-ring (bicyclic) bond motifs is 1. The van der Waals surface area contributed by atoms with Crippen molar-refractivity contribution in [1.29, 1.82) is 0 Å². The fourth-order valence-electron chi connectivity index (χ4n) is 3.11. The van der Waals surface area contributed by atoms with Crippen LogP contribution in [0.15, 0.2) is 18.2 Å². The highest BCUT2D eigenvalue weighted by molar-refractivity contribution is 7.17. The van der Waals surface area contributed by atoms with Gasteiger partial charge in [0, 0.05) is 19.4 Å². The summed E-state index contributed by atoms with van der Waals surface area (Å²) in [6, 6.07) is 3.89. The zero-order chi connectivity index (χ0) is 22.5. The lowest BCUT2D eigenvalue weighted by Crippen LogP contribution is -2.36. The van der Waals surface area contributed by atoms with Crippen molar-refractivity contribution in [1.82, 2.24) is 10.3 Å². The number of Topliss-reactive ketones (excluding diaryl/α,β-unsaturated/α-hetero) is 1. The van der Waals surface area contributed by atoms with Crippen LogP contribution in [0.4, 0.5) is 9.52 Å². The largest absolute Gasteiger partial charge is 0.466 e. The number of carbonyl (C=O) groups excluding carboxylic acids is 4. The summed E-state index contributed by atoms with van der Waals surface area (Å²) in [5.74, 6) is -3.24. The molecule has 0 saturated carbocycles. The first-order chi connectivity index (χ1) is 14.8. The smallest absolute Gasteiger partial charge is 0.307 e. The second kappa shape index (κ2) is 9.97. The van der Waals surface area contributed by atoms with Crippen LogP contribution in [-0.2, 0) is 20.7 Å². The number of amides is 2. The summed E-state index contributed by atoms with van der Waals surface area (Å²) < 4.78 is 18.7. The quantitative estimate of drug-likeness (QED) is 0.605. The molecule has 1 aromatic heterocycles. The molecule has 164 valence electrons. The van der Waals surface area contributed by atoms with Gasteiger partial charge in [-0.1, -0.05) is 29.0 Å². The number of nitrogens with one attached hydrogen (secondary N) is 2. The molecule has 0 fully saturated rings. The van der Waals surface area contributed by atoms with Crippen LogP contribution in [-0.4, -0.2) is 41.7 Å². The molecular weight excluding hydrogens is 449 g/mol. The maximum Gasteiger partial charge on any atom is 0.307 e. The molecule has 11 heteroatoms. The van der Waals surface area contributed by atoms with Crippen molar-refractivity contribution in [2.24, 2.45) is 5.92 Å². The predicted octanol–water partition coefficient (Wildman–Crippen LogP) is 3.00. The number of rotatable bonds is 7. The average Bonchev–Trinajstić information content (AvgIpc) is 3.11. The SMILES string of the molecule is CCOC(=O)CCNC(=O)C1CC(=O)c2sc(NC(=O)c3c(F)cccc3Cl)nc2C1. The normalized spacial score (nSPS) is 15.2. The van der Waals surface area contributed by atoms with Gasteiger partial charge in [0.05, 0.1) is 40.1 Å². The molecule has 1 heterocycles. The second-order valence-corrected chi connectivity index (χ2v) is 8.13. The monoisotopic (exact) mass is 467 g/mol. The lowest BCUT2D eigenvalue weighted by molar-refractivity contribution is -0.143. The van der Waals surface area contributed by atoms with Crippen molar-refractivity contribution in [3.8, 4) is 0 Å². The Hall–Kier alpha value is -2.85. The zero-order valence-electron chi connectivity index (χ0n) is 16.5. The zero-order valence-corrected chi connectivity index (χ0v) is 18.1. The van der Waals surface area contributed by atoms with E-state index in [-0.39, 0.29) is 59.8 Å². The Labute approximate surface area is 186 Å². The van der Waals surface area contributed by atoms with Crippen LogP contribution in [0, 0.1) is 11.7 Å². The summed E-state index contributed by atoms with van der Waals surface area (Å²) in [4.78, 5) is 53.2. The van der Waals surface area contributed by atoms with Crippen molar-refractivity contribution < 1.29 is 28.3 Å². The Kier molecular flexibility index (Phi) is 7.34. The molecule has 0 radical (unpaired) electrons. The molecule has 2 aromatic rings. The molecular formula is C20H19ClFN3O5S. The molecule has 2 amide bonds. The highest BCUT2D eigenvalue weighted by Gasteiger charge is 2.33. The molecule has 3 rings (SSSR count). The Morgan fingerprint density at radius 3 is 2.81 bits per heavy atom. The van der Waals surface area contributed by atoms with Crippen LogP contribution in [0.5, 0.6) is 0 Å². The van der Waals surface area contributed by atoms with Gasteiger partial charge in [0.25, 0.3) is 5.91 Å². The first-order valence-electron chi connectivity index (χ1n) is 9.51. The van der Waals surface area contributed by atoms with E-state index in [2.05, 4.69) is 15.6 Å². The van der Waals surface area contributed by atoms with Crippen LogP contribution < -0.4 is 10.6 Å². The molecule has 0 spiro atoms. The van der Waals surface area contributed by atoms with Gasteiger partial charge in [0.15, 0.2) is 10.9 Å². The van der Waals surface area contributed by atoms with Gasteiger partial charge in [-0.25, -0.2) is 9.37 Å². The van der Waals surface area contributed by atoms with Crippen LogP contribution in [0.3, 0.4) is 0 Å². The van der Waals surface area contributed by atoms with Gasteiger partial charge in [-0.05, 0) is 19.1 Å². The van der Waals surface area contributed by atoms with Crippen LogP contribution in [0.2, 0.25) is 5.02 Å². The summed E-state index contributed by atoms with van der Waals surface area (Å²) in [5.41, 5.74) is 0.0734. The summed E-state index contributed by atoms with van der Waals surface area (Å²) >= 11 is 6.87. The van der Waals surface area contributed by atoms with Crippen molar-refractivity contribution in [2.45, 2.75) is 26.2 Å². The third-order valence-corrected chi connectivity index (χ3v) is 5.91. The van der Waals surface area contributed by atoms with Crippen LogP contribution >= 0.6 is 22.9 Å². The van der Waals surface area contributed by atoms with Crippen molar-refractivity contribution >= 4 is 51.6 Å². The lowest BCUT2D eigenvalue weighted by atomic mass is 9.89. The number of benzene rings is 1. The number of halogens is 2. The molecule has 1 aliphatic carbocycles. The van der Waals surface area contributed by atoms with E-state index >= 15 is 0 Å². The van der Waals surface area contributed by atoms with E-state index in [1.165, 1.54) is 12.1 Å². The predicted molar refractivity (Wildman–Crippen MR) is 112 cm³/mol. The molecule has 0 aliphatic heterocycles. The second-order valence-electron chi connectivity index (χ2n) is 6.72. The van der Waals surface area contributed by atoms with E-state index in [9.17, 15) is 23.6 Å². The van der Waals surface area contributed by atoms with Crippen molar-refractivity contribution in [2.75, 3.05) is 18.5 Å². The Bertz CT molecular complexity index is 1020. The number of thiazole rings is 1. The van der Waals surface area contributed by atoms with Crippen molar-refractivity contribution in [3.05, 3.63) is 45.2 Å². The topological polar surface area (TPSA) is 114 Å². The maximum atomic E-state index is 13.9. The Balaban J connectivity index is 1.64. The maximum absolute atomic E-state index is 13.9. The average molecular weight is 468 g/mol. The van der Waals surface area contributed by atoms with Gasteiger partial charge in [-0.2, -0.15) is 0 Å². The number of ether oxygens (including phenoxy) is 1. The van der Waals surface area contributed by atoms with E-state index in [1.807, 2.05) is 0 Å². The van der Waals surface area contributed by atoms with E-state index in [1.54, 1.807) is 6.92 Å². The van der Waals surface area contributed by atoms with Crippen molar-refractivity contribution in [3.63, 3.8) is 0 Å². The minimum Gasteiger partial charge on any atom is -0.466 e. The summed E-state index contributed by atoms with van der Waals surface area (Å²) in [5, 5.41) is 5.15. The van der Waals surface area contributed by atoms with Crippen LogP contribution in [0.1, 0.15) is 45.5 Å². The third kappa shape index (κ3) is 5.45. The van der Waals surface area contributed by atoms with E-state index < -0.39 is 23.6 Å². The number of hydrogen-bond donors (Lipinski definition) is 2.